The number of esters is 1. The van der Waals surface area contributed by atoms with Crippen LogP contribution in [0, 0.1) is 11.8 Å². The fourth-order valence-electron chi connectivity index (χ4n) is 2.91. The molecule has 1 saturated carbocycles. The number of hydrogen-bond donors (Lipinski definition) is 1. The number of aryl methyl sites for hydroxylation is 1. The van der Waals surface area contributed by atoms with Gasteiger partial charge in [-0.2, -0.15) is 0 Å². The smallest absolute Gasteiger partial charge is 0.355 e. The summed E-state index contributed by atoms with van der Waals surface area (Å²) in [7, 11) is 1.77. The minimum Gasteiger partial charge on any atom is -0.451 e. The highest BCUT2D eigenvalue weighted by Crippen LogP contribution is 2.29. The number of aromatic nitrogens is 1. The molecule has 0 radical (unpaired) electrons. The van der Waals surface area contributed by atoms with E-state index < -0.39 is 5.97 Å². The Morgan fingerprint density at radius 3 is 2.81 bits per heavy atom. The summed E-state index contributed by atoms with van der Waals surface area (Å²) in [6.07, 6.45) is 5.13. The molecule has 21 heavy (non-hydrogen) atoms. The van der Waals surface area contributed by atoms with Crippen molar-refractivity contribution in [3.8, 4) is 0 Å². The lowest BCUT2D eigenvalue weighted by molar-refractivity contribution is -0.125. The molecule has 0 unspecified atom stereocenters. The highest BCUT2D eigenvalue weighted by Gasteiger charge is 2.28. The van der Waals surface area contributed by atoms with Gasteiger partial charge < -0.3 is 14.6 Å². The van der Waals surface area contributed by atoms with E-state index in [1.165, 1.54) is 6.42 Å². The van der Waals surface area contributed by atoms with Crippen LogP contribution in [0.1, 0.15) is 43.6 Å². The van der Waals surface area contributed by atoms with Crippen molar-refractivity contribution in [1.82, 2.24) is 9.88 Å². The van der Waals surface area contributed by atoms with Gasteiger partial charge in [-0.25, -0.2) is 4.79 Å². The van der Waals surface area contributed by atoms with Crippen LogP contribution in [0.3, 0.4) is 0 Å². The van der Waals surface area contributed by atoms with E-state index in [1.54, 1.807) is 29.9 Å². The average Bonchev–Trinajstić information content (AvgIpc) is 2.87. The molecule has 1 N–H and O–H groups in total. The molecule has 0 saturated heterocycles. The zero-order chi connectivity index (χ0) is 15.4. The monoisotopic (exact) mass is 292 g/mol. The van der Waals surface area contributed by atoms with Crippen molar-refractivity contribution >= 4 is 11.9 Å². The van der Waals surface area contributed by atoms with Crippen LogP contribution in [-0.4, -0.2) is 29.1 Å². The molecule has 5 heteroatoms. The maximum Gasteiger partial charge on any atom is 0.355 e. The van der Waals surface area contributed by atoms with Crippen LogP contribution in [0.5, 0.6) is 0 Å². The van der Waals surface area contributed by atoms with Gasteiger partial charge in [0.05, 0.1) is 0 Å². The number of nitrogens with one attached hydrogen (secondary N) is 1. The number of nitrogens with zero attached hydrogens (tertiary/aromatic N) is 1. The molecule has 1 fully saturated rings. The summed E-state index contributed by atoms with van der Waals surface area (Å²) < 4.78 is 6.73. The van der Waals surface area contributed by atoms with E-state index in [1.807, 2.05) is 0 Å². The molecule has 3 atom stereocenters. The van der Waals surface area contributed by atoms with E-state index in [2.05, 4.69) is 19.2 Å². The van der Waals surface area contributed by atoms with Crippen molar-refractivity contribution in [3.05, 3.63) is 24.0 Å². The van der Waals surface area contributed by atoms with E-state index in [4.69, 9.17) is 4.74 Å². The molecule has 0 spiro atoms. The molecule has 1 amide bonds. The van der Waals surface area contributed by atoms with Crippen LogP contribution in [0.25, 0.3) is 0 Å². The second-order valence-corrected chi connectivity index (χ2v) is 6.02. The molecule has 1 aromatic heterocycles. The van der Waals surface area contributed by atoms with Crippen molar-refractivity contribution in [2.24, 2.45) is 18.9 Å². The van der Waals surface area contributed by atoms with Gasteiger partial charge in [0.25, 0.3) is 5.91 Å². The minimum atomic E-state index is -0.470. The quantitative estimate of drug-likeness (QED) is 0.865. The Kier molecular flexibility index (Phi) is 5.04. The summed E-state index contributed by atoms with van der Waals surface area (Å²) in [4.78, 5) is 23.7. The molecule has 0 bridgehead atoms. The third kappa shape index (κ3) is 3.86. The first-order valence-electron chi connectivity index (χ1n) is 7.57. The molecule has 2 rings (SSSR count). The fourth-order valence-corrected chi connectivity index (χ4v) is 2.91. The van der Waals surface area contributed by atoms with Crippen LogP contribution < -0.4 is 5.32 Å². The van der Waals surface area contributed by atoms with Gasteiger partial charge in [-0.1, -0.05) is 26.7 Å². The second-order valence-electron chi connectivity index (χ2n) is 6.02. The van der Waals surface area contributed by atoms with Gasteiger partial charge in [0.2, 0.25) is 0 Å². The summed E-state index contributed by atoms with van der Waals surface area (Å²) in [5.41, 5.74) is 0.447. The lowest BCUT2D eigenvalue weighted by Crippen LogP contribution is -2.45. The molecule has 1 aliphatic carbocycles. The lowest BCUT2D eigenvalue weighted by atomic mass is 9.78. The van der Waals surface area contributed by atoms with Crippen molar-refractivity contribution in [1.29, 1.82) is 0 Å². The van der Waals surface area contributed by atoms with E-state index in [0.29, 0.717) is 17.5 Å². The Balaban J connectivity index is 1.80. The third-order valence-corrected chi connectivity index (χ3v) is 4.54. The Labute approximate surface area is 125 Å². The Morgan fingerprint density at radius 2 is 2.14 bits per heavy atom. The fraction of sp³-hybridized carbons (Fsp3) is 0.625. The second kappa shape index (κ2) is 6.78. The first-order chi connectivity index (χ1) is 9.99. The summed E-state index contributed by atoms with van der Waals surface area (Å²) in [5, 5.41) is 2.99. The van der Waals surface area contributed by atoms with Crippen LogP contribution in [0.4, 0.5) is 0 Å². The summed E-state index contributed by atoms with van der Waals surface area (Å²) in [6, 6.07) is 3.63. The van der Waals surface area contributed by atoms with Crippen molar-refractivity contribution in [2.45, 2.75) is 39.2 Å². The molecule has 5 nitrogen and oxygen atoms in total. The Bertz CT molecular complexity index is 509. The summed E-state index contributed by atoms with van der Waals surface area (Å²) >= 11 is 0. The Morgan fingerprint density at radius 1 is 1.38 bits per heavy atom. The zero-order valence-corrected chi connectivity index (χ0v) is 13.0. The van der Waals surface area contributed by atoms with Crippen LogP contribution in [-0.2, 0) is 16.6 Å². The first-order valence-corrected chi connectivity index (χ1v) is 7.57. The number of ether oxygens (including phenoxy) is 1. The first kappa shape index (κ1) is 15.6. The van der Waals surface area contributed by atoms with E-state index in [0.717, 1.165) is 12.8 Å². The maximum atomic E-state index is 11.9. The number of hydrogen-bond acceptors (Lipinski definition) is 3. The summed E-state index contributed by atoms with van der Waals surface area (Å²) in [5.74, 6) is 0.396. The number of amides is 1. The molecule has 0 aliphatic heterocycles. The number of carbonyl (C=O) groups is 2. The van der Waals surface area contributed by atoms with Crippen molar-refractivity contribution < 1.29 is 14.3 Å². The van der Waals surface area contributed by atoms with Gasteiger partial charge in [0.15, 0.2) is 6.61 Å². The van der Waals surface area contributed by atoms with E-state index >= 15 is 0 Å². The van der Waals surface area contributed by atoms with Gasteiger partial charge in [0, 0.05) is 19.3 Å². The molecule has 1 aromatic rings. The van der Waals surface area contributed by atoms with E-state index in [9.17, 15) is 9.59 Å². The molecular formula is C16H24N2O3. The van der Waals surface area contributed by atoms with E-state index in [-0.39, 0.29) is 18.6 Å². The number of rotatable bonds is 4. The molecular weight excluding hydrogens is 268 g/mol. The highest BCUT2D eigenvalue weighted by atomic mass is 16.5. The topological polar surface area (TPSA) is 60.3 Å². The molecule has 116 valence electrons. The SMILES string of the molecule is C[C@@H]1[C@H](C)CCC[C@H]1NC(=O)COC(=O)c1cccn1C. The van der Waals surface area contributed by atoms with Gasteiger partial charge in [0.1, 0.15) is 5.69 Å². The van der Waals surface area contributed by atoms with Crippen molar-refractivity contribution in [3.63, 3.8) is 0 Å². The normalized spacial score (nSPS) is 25.4. The Hall–Kier alpha value is -1.78. The maximum absolute atomic E-state index is 11.9. The largest absolute Gasteiger partial charge is 0.451 e. The third-order valence-electron chi connectivity index (χ3n) is 4.54. The lowest BCUT2D eigenvalue weighted by Gasteiger charge is -2.34. The predicted molar refractivity (Wildman–Crippen MR) is 79.8 cm³/mol. The summed E-state index contributed by atoms with van der Waals surface area (Å²) in [6.45, 7) is 4.17. The van der Waals surface area contributed by atoms with Gasteiger partial charge >= 0.3 is 5.97 Å². The number of carbonyl (C=O) groups excluding carboxylic acids is 2. The average molecular weight is 292 g/mol. The predicted octanol–water partition coefficient (Wildman–Crippen LogP) is 2.12. The van der Waals surface area contributed by atoms with Gasteiger partial charge in [-0.15, -0.1) is 0 Å². The van der Waals surface area contributed by atoms with Crippen LogP contribution in [0.15, 0.2) is 18.3 Å². The minimum absolute atomic E-state index is 0.190. The van der Waals surface area contributed by atoms with Crippen LogP contribution >= 0.6 is 0 Å². The molecule has 1 aliphatic rings. The zero-order valence-electron chi connectivity index (χ0n) is 13.0. The van der Waals surface area contributed by atoms with Crippen LogP contribution in [0.2, 0.25) is 0 Å². The van der Waals surface area contributed by atoms with Crippen molar-refractivity contribution in [2.75, 3.05) is 6.61 Å². The standard InChI is InChI=1S/C16H24N2O3/c1-11-6-4-7-13(12(11)2)17-15(19)10-21-16(20)14-8-5-9-18(14)3/h5,8-9,11-13H,4,6-7,10H2,1-3H3,(H,17,19)/t11-,12-,13-/m1/s1. The highest BCUT2D eigenvalue weighted by molar-refractivity contribution is 5.89. The molecule has 1 heterocycles. The van der Waals surface area contributed by atoms with Gasteiger partial charge in [-0.05, 0) is 30.4 Å². The van der Waals surface area contributed by atoms with Gasteiger partial charge in [-0.3, -0.25) is 4.79 Å². The molecule has 0 aromatic carbocycles.